The SMILES string of the molecule is O=C1CNC2CCCCC2N1Cc1ccc(CN2C(=O)CNC3CCCCC32)cc1. The predicted molar refractivity (Wildman–Crippen MR) is 116 cm³/mol. The summed E-state index contributed by atoms with van der Waals surface area (Å²) in [6.45, 7) is 2.32. The maximum atomic E-state index is 12.6. The van der Waals surface area contributed by atoms with Gasteiger partial charge in [-0.3, -0.25) is 9.59 Å². The van der Waals surface area contributed by atoms with Crippen LogP contribution in [-0.2, 0) is 22.7 Å². The molecule has 162 valence electrons. The van der Waals surface area contributed by atoms with Crippen molar-refractivity contribution in [3.8, 4) is 0 Å². The molecule has 6 nitrogen and oxygen atoms in total. The molecule has 1 aromatic carbocycles. The van der Waals surface area contributed by atoms with Gasteiger partial charge >= 0.3 is 0 Å². The van der Waals surface area contributed by atoms with Gasteiger partial charge in [0.25, 0.3) is 0 Å². The van der Waals surface area contributed by atoms with E-state index in [4.69, 9.17) is 0 Å². The number of hydrogen-bond donors (Lipinski definition) is 2. The smallest absolute Gasteiger partial charge is 0.237 e. The van der Waals surface area contributed by atoms with Gasteiger partial charge in [0.1, 0.15) is 0 Å². The van der Waals surface area contributed by atoms with Crippen molar-refractivity contribution < 1.29 is 9.59 Å². The van der Waals surface area contributed by atoms with Gasteiger partial charge in [-0.2, -0.15) is 0 Å². The topological polar surface area (TPSA) is 64.7 Å². The van der Waals surface area contributed by atoms with Gasteiger partial charge < -0.3 is 20.4 Å². The van der Waals surface area contributed by atoms with Gasteiger partial charge in [-0.05, 0) is 36.8 Å². The second kappa shape index (κ2) is 8.67. The van der Waals surface area contributed by atoms with Crippen molar-refractivity contribution in [2.75, 3.05) is 13.1 Å². The molecule has 5 rings (SSSR count). The van der Waals surface area contributed by atoms with Gasteiger partial charge in [-0.25, -0.2) is 0 Å². The molecule has 4 aliphatic rings. The Labute approximate surface area is 179 Å². The van der Waals surface area contributed by atoms with Crippen LogP contribution in [-0.4, -0.2) is 58.9 Å². The summed E-state index contributed by atoms with van der Waals surface area (Å²) in [4.78, 5) is 29.3. The maximum absolute atomic E-state index is 12.6. The van der Waals surface area contributed by atoms with Crippen LogP contribution < -0.4 is 10.6 Å². The van der Waals surface area contributed by atoms with Gasteiger partial charge in [-0.15, -0.1) is 0 Å². The van der Waals surface area contributed by atoms with Crippen molar-refractivity contribution in [1.29, 1.82) is 0 Å². The Morgan fingerprint density at radius 2 is 1.07 bits per heavy atom. The van der Waals surface area contributed by atoms with Gasteiger partial charge in [0.15, 0.2) is 0 Å². The molecule has 0 spiro atoms. The highest BCUT2D eigenvalue weighted by molar-refractivity contribution is 5.80. The van der Waals surface area contributed by atoms with E-state index in [-0.39, 0.29) is 11.8 Å². The third kappa shape index (κ3) is 4.00. The molecule has 1 aromatic rings. The molecule has 2 aliphatic heterocycles. The van der Waals surface area contributed by atoms with Crippen molar-refractivity contribution in [2.45, 2.75) is 88.6 Å². The minimum Gasteiger partial charge on any atom is -0.333 e. The van der Waals surface area contributed by atoms with Gasteiger partial charge in [0, 0.05) is 37.3 Å². The number of carbonyl (C=O) groups is 2. The molecule has 0 aromatic heterocycles. The van der Waals surface area contributed by atoms with E-state index in [9.17, 15) is 9.59 Å². The zero-order valence-electron chi connectivity index (χ0n) is 17.8. The second-order valence-electron chi connectivity index (χ2n) is 9.54. The van der Waals surface area contributed by atoms with Crippen LogP contribution in [0.5, 0.6) is 0 Å². The molecular formula is C24H34N4O2. The average molecular weight is 411 g/mol. The number of benzene rings is 1. The van der Waals surface area contributed by atoms with Gasteiger partial charge in [0.2, 0.25) is 11.8 Å². The molecule has 0 radical (unpaired) electrons. The van der Waals surface area contributed by atoms with E-state index in [0.717, 1.165) is 12.8 Å². The van der Waals surface area contributed by atoms with E-state index in [1.165, 1.54) is 49.7 Å². The molecule has 6 heteroatoms. The molecule has 2 saturated heterocycles. The van der Waals surface area contributed by atoms with E-state index in [1.54, 1.807) is 0 Å². The highest BCUT2D eigenvalue weighted by atomic mass is 16.2. The van der Waals surface area contributed by atoms with Crippen LogP contribution in [0.4, 0.5) is 0 Å². The normalized spacial score (nSPS) is 32.0. The lowest BCUT2D eigenvalue weighted by Crippen LogP contribution is -2.61. The number of nitrogens with one attached hydrogen (secondary N) is 2. The molecule has 2 N–H and O–H groups in total. The highest BCUT2D eigenvalue weighted by Crippen LogP contribution is 2.29. The number of nitrogens with zero attached hydrogens (tertiary/aromatic N) is 2. The third-order valence-electron chi connectivity index (χ3n) is 7.66. The fourth-order valence-corrected chi connectivity index (χ4v) is 6.01. The number of piperazine rings is 2. The lowest BCUT2D eigenvalue weighted by Gasteiger charge is -2.44. The van der Waals surface area contributed by atoms with Crippen LogP contribution in [0.1, 0.15) is 62.5 Å². The van der Waals surface area contributed by atoms with E-state index in [2.05, 4.69) is 44.7 Å². The third-order valence-corrected chi connectivity index (χ3v) is 7.66. The fraction of sp³-hybridized carbons (Fsp3) is 0.667. The Morgan fingerprint density at radius 3 is 1.50 bits per heavy atom. The second-order valence-corrected chi connectivity index (χ2v) is 9.54. The van der Waals surface area contributed by atoms with Crippen LogP contribution in [0.25, 0.3) is 0 Å². The quantitative estimate of drug-likeness (QED) is 0.799. The Hall–Kier alpha value is -1.92. The molecule has 0 bridgehead atoms. The summed E-state index contributed by atoms with van der Waals surface area (Å²) in [5.74, 6) is 0.439. The Kier molecular flexibility index (Phi) is 5.79. The number of amides is 2. The molecule has 4 fully saturated rings. The zero-order chi connectivity index (χ0) is 20.5. The molecule has 2 aliphatic carbocycles. The van der Waals surface area contributed by atoms with Crippen LogP contribution in [0.2, 0.25) is 0 Å². The van der Waals surface area contributed by atoms with Gasteiger partial charge in [0.05, 0.1) is 13.1 Å². The lowest BCUT2D eigenvalue weighted by atomic mass is 9.87. The fourth-order valence-electron chi connectivity index (χ4n) is 6.01. The Morgan fingerprint density at radius 1 is 0.667 bits per heavy atom. The minimum atomic E-state index is 0.219. The summed E-state index contributed by atoms with van der Waals surface area (Å²) in [7, 11) is 0. The highest BCUT2D eigenvalue weighted by Gasteiger charge is 2.38. The first-order valence-electron chi connectivity index (χ1n) is 11.8. The number of hydrogen-bond acceptors (Lipinski definition) is 4. The largest absolute Gasteiger partial charge is 0.333 e. The van der Waals surface area contributed by atoms with E-state index in [0.29, 0.717) is 50.3 Å². The molecule has 2 amide bonds. The van der Waals surface area contributed by atoms with Crippen molar-refractivity contribution in [1.82, 2.24) is 20.4 Å². The van der Waals surface area contributed by atoms with E-state index < -0.39 is 0 Å². The summed E-state index contributed by atoms with van der Waals surface area (Å²) in [5.41, 5.74) is 2.36. The van der Waals surface area contributed by atoms with Crippen molar-refractivity contribution >= 4 is 11.8 Å². The first-order chi connectivity index (χ1) is 14.7. The molecule has 2 heterocycles. The molecule has 30 heavy (non-hydrogen) atoms. The van der Waals surface area contributed by atoms with E-state index >= 15 is 0 Å². The first kappa shape index (κ1) is 20.0. The molecule has 4 unspecified atom stereocenters. The molecule has 4 atom stereocenters. The molecule has 2 saturated carbocycles. The van der Waals surface area contributed by atoms with Crippen molar-refractivity contribution in [2.24, 2.45) is 0 Å². The summed E-state index contributed by atoms with van der Waals surface area (Å²) in [6.07, 6.45) is 9.51. The average Bonchev–Trinajstić information content (AvgIpc) is 2.79. The monoisotopic (exact) mass is 410 g/mol. The summed E-state index contributed by atoms with van der Waals surface area (Å²) >= 11 is 0. The van der Waals surface area contributed by atoms with Crippen LogP contribution in [0, 0.1) is 0 Å². The van der Waals surface area contributed by atoms with Crippen LogP contribution in [0.3, 0.4) is 0 Å². The minimum absolute atomic E-state index is 0.219. The standard InChI is InChI=1S/C24H34N4O2/c29-23-13-25-19-5-1-3-7-21(19)27(23)15-17-9-11-18(12-10-17)16-28-22-8-4-2-6-20(22)26-14-24(28)30/h9-12,19-22,25-26H,1-8,13-16H2. The lowest BCUT2D eigenvalue weighted by molar-refractivity contribution is -0.139. The van der Waals surface area contributed by atoms with Crippen molar-refractivity contribution in [3.63, 3.8) is 0 Å². The van der Waals surface area contributed by atoms with Gasteiger partial charge in [-0.1, -0.05) is 49.9 Å². The Bertz CT molecular complexity index is 715. The zero-order valence-corrected chi connectivity index (χ0v) is 17.8. The van der Waals surface area contributed by atoms with E-state index in [1.807, 2.05) is 0 Å². The molecular weight excluding hydrogens is 376 g/mol. The summed E-state index contributed by atoms with van der Waals surface area (Å²) < 4.78 is 0. The Balaban J connectivity index is 1.25. The maximum Gasteiger partial charge on any atom is 0.237 e. The van der Waals surface area contributed by atoms with Crippen LogP contribution >= 0.6 is 0 Å². The van der Waals surface area contributed by atoms with Crippen LogP contribution in [0.15, 0.2) is 24.3 Å². The number of fused-ring (bicyclic) bond motifs is 2. The predicted octanol–water partition coefficient (Wildman–Crippen LogP) is 2.17. The van der Waals surface area contributed by atoms with Crippen molar-refractivity contribution in [3.05, 3.63) is 35.4 Å². The number of carbonyl (C=O) groups excluding carboxylic acids is 2. The summed E-state index contributed by atoms with van der Waals surface area (Å²) in [6, 6.07) is 10.2. The first-order valence-corrected chi connectivity index (χ1v) is 11.8. The summed E-state index contributed by atoms with van der Waals surface area (Å²) in [5, 5.41) is 6.87. The number of rotatable bonds is 4.